The summed E-state index contributed by atoms with van der Waals surface area (Å²) in [7, 11) is 0. The van der Waals surface area contributed by atoms with Crippen LogP contribution in [0.1, 0.15) is 245 Å². The number of carbonyl (C=O) groups is 1. The van der Waals surface area contributed by atoms with Crippen LogP contribution >= 0.6 is 0 Å². The number of allylic oxidation sites excluding steroid dienone is 23. The first-order valence-electron chi connectivity index (χ1n) is 39.6. The van der Waals surface area contributed by atoms with Gasteiger partial charge in [0, 0.05) is 6.42 Å². The van der Waals surface area contributed by atoms with Gasteiger partial charge in [0.25, 0.3) is 0 Å². The molecule has 3 fully saturated rings. The van der Waals surface area contributed by atoms with Crippen LogP contribution in [0.15, 0.2) is 146 Å². The molecule has 0 bridgehead atoms. The van der Waals surface area contributed by atoms with E-state index < -0.39 is 124 Å². The van der Waals surface area contributed by atoms with Crippen molar-refractivity contribution in [3.8, 4) is 0 Å². The van der Waals surface area contributed by atoms with E-state index in [1.54, 1.807) is 6.08 Å². The molecule has 17 unspecified atom stereocenters. The molecule has 19 nitrogen and oxygen atoms in total. The fourth-order valence-corrected chi connectivity index (χ4v) is 12.3. The molecule has 588 valence electrons. The molecule has 1 amide bonds. The Balaban J connectivity index is 1.33. The lowest BCUT2D eigenvalue weighted by Gasteiger charge is -2.48. The molecule has 3 aliphatic rings. The van der Waals surface area contributed by atoms with E-state index in [1.807, 2.05) is 6.08 Å². The monoisotopic (exact) mass is 1450 g/mol. The predicted octanol–water partition coefficient (Wildman–Crippen LogP) is 13.1. The van der Waals surface area contributed by atoms with E-state index >= 15 is 0 Å². The Morgan fingerprint density at radius 1 is 0.359 bits per heavy atom. The topological polar surface area (TPSA) is 307 Å². The highest BCUT2D eigenvalue weighted by Gasteiger charge is 2.53. The Hall–Kier alpha value is -4.33. The van der Waals surface area contributed by atoms with Crippen molar-refractivity contribution in [1.29, 1.82) is 0 Å². The molecule has 0 aromatic rings. The molecule has 0 saturated carbocycles. The number of rotatable bonds is 60. The Labute approximate surface area is 619 Å². The summed E-state index contributed by atoms with van der Waals surface area (Å²) in [5.41, 5.74) is 0. The van der Waals surface area contributed by atoms with Crippen molar-refractivity contribution >= 4 is 5.91 Å². The molecule has 3 aliphatic heterocycles. The predicted molar refractivity (Wildman–Crippen MR) is 410 cm³/mol. The number of hydrogen-bond donors (Lipinski definition) is 12. The molecule has 103 heavy (non-hydrogen) atoms. The molecule has 3 rings (SSSR count). The molecular weight excluding hydrogens is 1310 g/mol. The van der Waals surface area contributed by atoms with Crippen LogP contribution in [0.4, 0.5) is 0 Å². The van der Waals surface area contributed by atoms with E-state index in [4.69, 9.17) is 28.4 Å². The van der Waals surface area contributed by atoms with Gasteiger partial charge >= 0.3 is 0 Å². The molecule has 17 atom stereocenters. The van der Waals surface area contributed by atoms with Gasteiger partial charge in [0.1, 0.15) is 73.2 Å². The van der Waals surface area contributed by atoms with Crippen molar-refractivity contribution in [2.24, 2.45) is 0 Å². The molecule has 12 N–H and O–H groups in total. The zero-order valence-corrected chi connectivity index (χ0v) is 62.7. The van der Waals surface area contributed by atoms with E-state index in [0.29, 0.717) is 12.8 Å². The van der Waals surface area contributed by atoms with Gasteiger partial charge in [0.2, 0.25) is 5.91 Å². The average Bonchev–Trinajstić information content (AvgIpc) is 0.782. The molecule has 0 aromatic heterocycles. The van der Waals surface area contributed by atoms with Crippen LogP contribution in [0, 0.1) is 0 Å². The fraction of sp³-hybridized carbons (Fsp3) is 0.702. The lowest BCUT2D eigenvalue weighted by molar-refractivity contribution is -0.379. The second-order valence-electron chi connectivity index (χ2n) is 27.4. The minimum absolute atomic E-state index is 0.222. The highest BCUT2D eigenvalue weighted by atomic mass is 16.8. The van der Waals surface area contributed by atoms with Crippen LogP contribution in [-0.4, -0.2) is 193 Å². The number of carbonyl (C=O) groups excluding carboxylic acids is 1. The number of nitrogens with one attached hydrogen (secondary N) is 1. The summed E-state index contributed by atoms with van der Waals surface area (Å²) in [6.45, 7) is 1.57. The number of aliphatic hydroxyl groups excluding tert-OH is 11. The quantitative estimate of drug-likeness (QED) is 0.0199. The maximum absolute atomic E-state index is 13.4. The lowest BCUT2D eigenvalue weighted by Crippen LogP contribution is -2.66. The second kappa shape index (κ2) is 62.7. The van der Waals surface area contributed by atoms with E-state index in [0.717, 1.165) is 116 Å². The van der Waals surface area contributed by atoms with E-state index in [9.17, 15) is 61.0 Å². The summed E-state index contributed by atoms with van der Waals surface area (Å²) in [6.07, 6.45) is 64.1. The molecule has 0 spiro atoms. The zero-order chi connectivity index (χ0) is 74.6. The molecule has 0 radical (unpaired) electrons. The van der Waals surface area contributed by atoms with E-state index in [2.05, 4.69) is 153 Å². The molecule has 3 saturated heterocycles. The third-order valence-electron chi connectivity index (χ3n) is 18.6. The van der Waals surface area contributed by atoms with Crippen molar-refractivity contribution in [1.82, 2.24) is 5.32 Å². The SMILES string of the molecule is CC/C=C\C/C=C\C/C=C\C/C=C\C/C=C\C/C=C\C/C=C\C/C=C\C/C=C\CCCCCCCCCCCCCCCC(=O)NC(COC1OC(CO)C(OC2OC(CO)C(OC3OC(CO)C(O)C(O)C3O)C(O)C2O)C(O)C1O)C(O)/C=C/CC/C=C/CC/C=C/CCCCCCCCC. The lowest BCUT2D eigenvalue weighted by atomic mass is 9.96. The highest BCUT2D eigenvalue weighted by molar-refractivity contribution is 5.76. The maximum atomic E-state index is 13.4. The van der Waals surface area contributed by atoms with Gasteiger partial charge < -0.3 is 89.9 Å². The van der Waals surface area contributed by atoms with Crippen molar-refractivity contribution < 1.29 is 89.4 Å². The summed E-state index contributed by atoms with van der Waals surface area (Å²) in [6, 6.07) is -1.01. The molecule has 0 aromatic carbocycles. The largest absolute Gasteiger partial charge is 0.394 e. The normalized spacial score (nSPS) is 26.9. The zero-order valence-electron chi connectivity index (χ0n) is 62.7. The molecule has 19 heteroatoms. The van der Waals surface area contributed by atoms with Crippen molar-refractivity contribution in [3.63, 3.8) is 0 Å². The summed E-state index contributed by atoms with van der Waals surface area (Å²) < 4.78 is 34.4. The number of ether oxygens (including phenoxy) is 6. The van der Waals surface area contributed by atoms with Crippen LogP contribution in [0.5, 0.6) is 0 Å². The Morgan fingerprint density at radius 3 is 1.09 bits per heavy atom. The van der Waals surface area contributed by atoms with Gasteiger partial charge in [-0.1, -0.05) is 269 Å². The summed E-state index contributed by atoms with van der Waals surface area (Å²) in [5, 5.41) is 121. The first-order chi connectivity index (χ1) is 50.3. The van der Waals surface area contributed by atoms with Crippen LogP contribution in [0.25, 0.3) is 0 Å². The first kappa shape index (κ1) is 92.9. The third kappa shape index (κ3) is 42.7. The summed E-state index contributed by atoms with van der Waals surface area (Å²) in [5.74, 6) is -0.296. The summed E-state index contributed by atoms with van der Waals surface area (Å²) >= 11 is 0. The molecule has 0 aliphatic carbocycles. The smallest absolute Gasteiger partial charge is 0.220 e. The van der Waals surface area contributed by atoms with Gasteiger partial charge in [-0.05, 0) is 116 Å². The van der Waals surface area contributed by atoms with Crippen LogP contribution in [0.2, 0.25) is 0 Å². The van der Waals surface area contributed by atoms with E-state index in [-0.39, 0.29) is 18.9 Å². The van der Waals surface area contributed by atoms with Gasteiger partial charge in [0.05, 0.1) is 38.6 Å². The minimum Gasteiger partial charge on any atom is -0.394 e. The minimum atomic E-state index is -1.99. The standard InChI is InChI=1S/C84H139NO18/c1-3-5-7-9-11-13-15-17-19-21-22-23-24-25-26-27-28-29-30-31-32-33-34-35-36-37-38-39-40-41-42-43-44-46-48-50-52-54-56-58-60-62-72(90)85-67(68(89)61-59-57-55-53-51-49-47-45-20-18-16-14-12-10-8-6-4-2)66-98-82-78(96)75(93)80(70(64-87)100-82)103-84-79(97)76(94)81(71(65-88)101-84)102-83-77(95)74(92)73(91)69(63-86)99-83/h5,7,11,13,17,19-20,22-23,25-26,28-29,31-32,34-35,37-38,45,51,53,59,61,67-71,73-84,86-89,91-97H,3-4,6,8-10,12,14-16,18,21,24,27,30,33,36,39-44,46-50,52,54-58,60,62-66H2,1-2H3,(H,85,90)/b7-5-,13-11-,19-17-,23-22-,26-25-,29-28-,32-31-,35-34-,38-37-,45-20+,53-51+,61-59+. The van der Waals surface area contributed by atoms with Crippen LogP contribution < -0.4 is 5.32 Å². The van der Waals surface area contributed by atoms with Gasteiger partial charge in [-0.25, -0.2) is 0 Å². The van der Waals surface area contributed by atoms with Crippen molar-refractivity contribution in [2.45, 2.75) is 349 Å². The van der Waals surface area contributed by atoms with Gasteiger partial charge in [-0.15, -0.1) is 0 Å². The third-order valence-corrected chi connectivity index (χ3v) is 18.6. The second-order valence-corrected chi connectivity index (χ2v) is 27.4. The maximum Gasteiger partial charge on any atom is 0.220 e. The van der Waals surface area contributed by atoms with Crippen molar-refractivity contribution in [2.75, 3.05) is 26.4 Å². The number of hydrogen-bond acceptors (Lipinski definition) is 18. The van der Waals surface area contributed by atoms with Crippen LogP contribution in [-0.2, 0) is 33.2 Å². The molecular formula is C84H139NO18. The Kier molecular flexibility index (Phi) is 56.5. The average molecular weight is 1450 g/mol. The van der Waals surface area contributed by atoms with Crippen LogP contribution in [0.3, 0.4) is 0 Å². The Morgan fingerprint density at radius 2 is 0.680 bits per heavy atom. The first-order valence-corrected chi connectivity index (χ1v) is 39.6. The Bertz CT molecular complexity index is 2430. The van der Waals surface area contributed by atoms with Crippen molar-refractivity contribution in [3.05, 3.63) is 146 Å². The van der Waals surface area contributed by atoms with Gasteiger partial charge in [0.15, 0.2) is 18.9 Å². The fourth-order valence-electron chi connectivity index (χ4n) is 12.3. The molecule has 3 heterocycles. The number of amides is 1. The highest BCUT2D eigenvalue weighted by Crippen LogP contribution is 2.33. The number of unbranched alkanes of at least 4 members (excludes halogenated alkanes) is 22. The summed E-state index contributed by atoms with van der Waals surface area (Å²) in [4.78, 5) is 13.4. The van der Waals surface area contributed by atoms with Gasteiger partial charge in [-0.3, -0.25) is 4.79 Å². The number of aliphatic hydroxyl groups is 11. The van der Waals surface area contributed by atoms with E-state index in [1.165, 1.54) is 96.3 Å². The van der Waals surface area contributed by atoms with Gasteiger partial charge in [-0.2, -0.15) is 0 Å².